The van der Waals surface area contributed by atoms with E-state index in [1.165, 1.54) is 19.4 Å². The molecular formula is C39H60O10. The molecule has 5 aliphatic carbocycles. The predicted molar refractivity (Wildman–Crippen MR) is 180 cm³/mol. The highest BCUT2D eigenvalue weighted by atomic mass is 16.7. The lowest BCUT2D eigenvalue weighted by Crippen LogP contribution is -2.68. The van der Waals surface area contributed by atoms with Crippen LogP contribution in [0.3, 0.4) is 0 Å². The molecule has 13 unspecified atom stereocenters. The summed E-state index contributed by atoms with van der Waals surface area (Å²) >= 11 is 0. The number of allylic oxidation sites excluding steroid dienone is 2. The highest BCUT2D eigenvalue weighted by Crippen LogP contribution is 2.76. The average Bonchev–Trinajstić information content (AvgIpc) is 2.97. The lowest BCUT2D eigenvalue weighted by Gasteiger charge is -2.71. The van der Waals surface area contributed by atoms with E-state index >= 15 is 0 Å². The van der Waals surface area contributed by atoms with Gasteiger partial charge in [-0.3, -0.25) is 14.4 Å². The summed E-state index contributed by atoms with van der Waals surface area (Å²) in [7, 11) is 0. The van der Waals surface area contributed by atoms with Gasteiger partial charge in [0, 0.05) is 13.8 Å². The molecule has 0 aromatic rings. The maximum atomic E-state index is 13.0. The summed E-state index contributed by atoms with van der Waals surface area (Å²) < 4.78 is 23.7. The molecule has 10 nitrogen and oxygen atoms in total. The molecule has 0 amide bonds. The zero-order chi connectivity index (χ0) is 36.1. The lowest BCUT2D eigenvalue weighted by molar-refractivity contribution is -0.324. The van der Waals surface area contributed by atoms with Gasteiger partial charge in [0.25, 0.3) is 0 Å². The van der Waals surface area contributed by atoms with Crippen LogP contribution < -0.4 is 0 Å². The number of carbonyl (C=O) groups excluding carboxylic acids is 2. The van der Waals surface area contributed by atoms with Crippen molar-refractivity contribution in [3.63, 3.8) is 0 Å². The van der Waals surface area contributed by atoms with Crippen LogP contribution in [0.25, 0.3) is 0 Å². The number of carbonyl (C=O) groups is 3. The number of aliphatic carboxylic acids is 1. The molecule has 0 spiro atoms. The number of aliphatic hydroxyl groups excluding tert-OH is 2. The minimum absolute atomic E-state index is 0.0291. The molecule has 0 aromatic heterocycles. The van der Waals surface area contributed by atoms with E-state index in [9.17, 15) is 29.7 Å². The second-order valence-corrected chi connectivity index (χ2v) is 18.7. The molecule has 1 saturated heterocycles. The van der Waals surface area contributed by atoms with Gasteiger partial charge in [-0.2, -0.15) is 0 Å². The van der Waals surface area contributed by atoms with Gasteiger partial charge in [0.1, 0.15) is 24.4 Å². The summed E-state index contributed by atoms with van der Waals surface area (Å²) in [4.78, 5) is 37.4. The minimum atomic E-state index is -1.43. The third kappa shape index (κ3) is 5.52. The maximum Gasteiger partial charge on any atom is 0.310 e. The fourth-order valence-electron chi connectivity index (χ4n) is 12.7. The van der Waals surface area contributed by atoms with E-state index in [2.05, 4.69) is 54.5 Å². The fourth-order valence-corrected chi connectivity index (χ4v) is 12.7. The first-order valence-corrected chi connectivity index (χ1v) is 18.5. The zero-order valence-corrected chi connectivity index (χ0v) is 31.0. The Kier molecular flexibility index (Phi) is 9.02. The summed E-state index contributed by atoms with van der Waals surface area (Å²) in [6.45, 7) is 18.6. The highest BCUT2D eigenvalue weighted by molar-refractivity contribution is 5.76. The largest absolute Gasteiger partial charge is 0.481 e. The Bertz CT molecular complexity index is 1390. The molecule has 1 aliphatic heterocycles. The van der Waals surface area contributed by atoms with Crippen LogP contribution in [-0.2, 0) is 33.3 Å². The number of rotatable bonds is 5. The summed E-state index contributed by atoms with van der Waals surface area (Å²) in [5, 5.41) is 32.3. The van der Waals surface area contributed by atoms with Crippen molar-refractivity contribution in [1.29, 1.82) is 0 Å². The van der Waals surface area contributed by atoms with Crippen LogP contribution in [0.15, 0.2) is 11.6 Å². The normalized spacial score (nSPS) is 48.4. The fraction of sp³-hybridized carbons (Fsp3) is 0.872. The number of fused-ring (bicyclic) bond motifs is 7. The number of aliphatic hydroxyl groups is 2. The van der Waals surface area contributed by atoms with E-state index in [0.717, 1.165) is 44.9 Å². The van der Waals surface area contributed by atoms with Crippen molar-refractivity contribution in [2.75, 3.05) is 6.61 Å². The van der Waals surface area contributed by atoms with Crippen LogP contribution in [0.4, 0.5) is 0 Å². The van der Waals surface area contributed by atoms with E-state index in [1.54, 1.807) is 0 Å². The smallest absolute Gasteiger partial charge is 0.310 e. The van der Waals surface area contributed by atoms with Crippen molar-refractivity contribution in [3.05, 3.63) is 11.6 Å². The van der Waals surface area contributed by atoms with Gasteiger partial charge < -0.3 is 34.3 Å². The molecule has 0 bridgehead atoms. The topological polar surface area (TPSA) is 149 Å². The SMILES string of the molecule is CC(=O)OC1CC2(C)C(CCC3(C)C2CC=C2C4CC(C)(C)CCC4(C(=O)O)CCC23C)C(C)(C)C1OC1OCC(O)C(OC(C)=O)C1O. The molecular weight excluding hydrogens is 628 g/mol. The molecule has 1 heterocycles. The van der Waals surface area contributed by atoms with Crippen LogP contribution in [0.5, 0.6) is 0 Å². The second-order valence-electron chi connectivity index (χ2n) is 18.7. The Morgan fingerprint density at radius 3 is 2.14 bits per heavy atom. The molecule has 6 aliphatic rings. The number of carboxylic acids is 1. The van der Waals surface area contributed by atoms with Crippen LogP contribution >= 0.6 is 0 Å². The Balaban J connectivity index is 1.35. The monoisotopic (exact) mass is 688 g/mol. The third-order valence-corrected chi connectivity index (χ3v) is 15.3. The van der Waals surface area contributed by atoms with Gasteiger partial charge in [-0.15, -0.1) is 0 Å². The Hall–Kier alpha value is -2.01. The molecule has 4 saturated carbocycles. The van der Waals surface area contributed by atoms with Crippen LogP contribution in [0, 0.1) is 50.2 Å². The van der Waals surface area contributed by atoms with Crippen LogP contribution in [-0.4, -0.2) is 76.6 Å². The number of ether oxygens (including phenoxy) is 4. The Labute approximate surface area is 291 Å². The van der Waals surface area contributed by atoms with Crippen molar-refractivity contribution < 1.29 is 48.7 Å². The quantitative estimate of drug-likeness (QED) is 0.184. The molecule has 10 heteroatoms. The summed E-state index contributed by atoms with van der Waals surface area (Å²) in [6, 6.07) is 0. The highest BCUT2D eigenvalue weighted by Gasteiger charge is 2.71. The van der Waals surface area contributed by atoms with Gasteiger partial charge in [-0.25, -0.2) is 0 Å². The number of esters is 2. The first-order valence-electron chi connectivity index (χ1n) is 18.5. The average molecular weight is 689 g/mol. The summed E-state index contributed by atoms with van der Waals surface area (Å²) in [6.07, 6.45) is 3.58. The van der Waals surface area contributed by atoms with E-state index in [0.29, 0.717) is 12.8 Å². The van der Waals surface area contributed by atoms with Gasteiger partial charge in [0.05, 0.1) is 12.0 Å². The molecule has 0 aromatic carbocycles. The van der Waals surface area contributed by atoms with Crippen LogP contribution in [0.1, 0.15) is 120 Å². The molecule has 6 rings (SSSR count). The Morgan fingerprint density at radius 1 is 0.857 bits per heavy atom. The van der Waals surface area contributed by atoms with E-state index in [4.69, 9.17) is 18.9 Å². The first-order chi connectivity index (χ1) is 22.6. The van der Waals surface area contributed by atoms with Crippen molar-refractivity contribution in [2.24, 2.45) is 50.2 Å². The molecule has 3 N–H and O–H groups in total. The Morgan fingerprint density at radius 2 is 1.51 bits per heavy atom. The first kappa shape index (κ1) is 36.8. The van der Waals surface area contributed by atoms with E-state index in [-0.39, 0.29) is 46.0 Å². The van der Waals surface area contributed by atoms with Crippen LogP contribution in [0.2, 0.25) is 0 Å². The zero-order valence-electron chi connectivity index (χ0n) is 31.0. The van der Waals surface area contributed by atoms with Gasteiger partial charge in [-0.1, -0.05) is 60.1 Å². The predicted octanol–water partition coefficient (Wildman–Crippen LogP) is 5.81. The van der Waals surface area contributed by atoms with Gasteiger partial charge in [-0.05, 0) is 103 Å². The van der Waals surface area contributed by atoms with E-state index in [1.807, 2.05) is 0 Å². The number of hydrogen-bond donors (Lipinski definition) is 3. The third-order valence-electron chi connectivity index (χ3n) is 15.3. The van der Waals surface area contributed by atoms with Crippen molar-refractivity contribution in [1.82, 2.24) is 0 Å². The molecule has 5 fully saturated rings. The lowest BCUT2D eigenvalue weighted by atomic mass is 9.33. The maximum absolute atomic E-state index is 13.0. The second kappa shape index (κ2) is 12.0. The molecule has 0 radical (unpaired) electrons. The summed E-state index contributed by atoms with van der Waals surface area (Å²) in [5.41, 5.74) is -0.229. The number of hydrogen-bond acceptors (Lipinski definition) is 9. The molecule has 49 heavy (non-hydrogen) atoms. The van der Waals surface area contributed by atoms with Crippen molar-refractivity contribution in [2.45, 2.75) is 157 Å². The molecule has 13 atom stereocenters. The molecule has 276 valence electrons. The summed E-state index contributed by atoms with van der Waals surface area (Å²) in [5.74, 6) is -1.20. The van der Waals surface area contributed by atoms with E-state index < -0.39 is 65.5 Å². The van der Waals surface area contributed by atoms with Crippen molar-refractivity contribution >= 4 is 17.9 Å². The minimum Gasteiger partial charge on any atom is -0.481 e. The van der Waals surface area contributed by atoms with Gasteiger partial charge in [0.15, 0.2) is 12.4 Å². The van der Waals surface area contributed by atoms with Crippen molar-refractivity contribution in [3.8, 4) is 0 Å². The standard InChI is InChI=1S/C39H60O10/c1-21(40)47-26-19-36(7)27(35(5,6)31(26)49-32-29(43)30(48-22(2)41)25(42)20-46-32)12-13-38(9)28(36)11-10-23-24-18-34(3,4)14-16-39(24,33(44)45)17-15-37(23,38)8/h10,24-32,42-43H,11-20H2,1-9H3,(H,44,45). The van der Waals surface area contributed by atoms with Gasteiger partial charge >= 0.3 is 17.9 Å². The number of carboxylic acid groups (broad SMARTS) is 1. The van der Waals surface area contributed by atoms with Gasteiger partial charge in [0.2, 0.25) is 0 Å².